The lowest BCUT2D eigenvalue weighted by Crippen LogP contribution is -2.35. The molecule has 1 atom stereocenters. The molecule has 0 saturated carbocycles. The Labute approximate surface area is 101 Å². The van der Waals surface area contributed by atoms with Crippen molar-refractivity contribution in [3.8, 4) is 5.75 Å². The van der Waals surface area contributed by atoms with Crippen molar-refractivity contribution >= 4 is 5.91 Å². The quantitative estimate of drug-likeness (QED) is 0.459. The second-order valence-electron chi connectivity index (χ2n) is 4.04. The SMILES string of the molecule is COc1ccc(C(N)CC(=O)N(C)N)cc1C. The maximum Gasteiger partial charge on any atom is 0.238 e. The molecular formula is C12H19N3O2. The van der Waals surface area contributed by atoms with Crippen LogP contribution in [0.3, 0.4) is 0 Å². The molecule has 0 aliphatic carbocycles. The minimum Gasteiger partial charge on any atom is -0.496 e. The highest BCUT2D eigenvalue weighted by molar-refractivity contribution is 5.76. The zero-order chi connectivity index (χ0) is 13.0. The Kier molecular flexibility index (Phi) is 4.48. The number of aryl methyl sites for hydroxylation is 1. The number of hydrazine groups is 1. The lowest BCUT2D eigenvalue weighted by atomic mass is 10.0. The number of hydrogen-bond donors (Lipinski definition) is 2. The van der Waals surface area contributed by atoms with Gasteiger partial charge in [-0.25, -0.2) is 5.84 Å². The summed E-state index contributed by atoms with van der Waals surface area (Å²) >= 11 is 0. The summed E-state index contributed by atoms with van der Waals surface area (Å²) in [5.41, 5.74) is 7.85. The molecule has 0 heterocycles. The number of nitrogens with two attached hydrogens (primary N) is 2. The van der Waals surface area contributed by atoms with Crippen LogP contribution in [0.4, 0.5) is 0 Å². The molecule has 0 bridgehead atoms. The lowest BCUT2D eigenvalue weighted by molar-refractivity contribution is -0.130. The second kappa shape index (κ2) is 5.65. The topological polar surface area (TPSA) is 81.6 Å². The summed E-state index contributed by atoms with van der Waals surface area (Å²) in [6.45, 7) is 1.94. The Morgan fingerprint density at radius 1 is 1.53 bits per heavy atom. The summed E-state index contributed by atoms with van der Waals surface area (Å²) in [5, 5.41) is 1.05. The summed E-state index contributed by atoms with van der Waals surface area (Å²) in [6, 6.07) is 5.28. The van der Waals surface area contributed by atoms with Gasteiger partial charge in [-0.3, -0.25) is 9.80 Å². The predicted octanol–water partition coefficient (Wildman–Crippen LogP) is 0.726. The smallest absolute Gasteiger partial charge is 0.238 e. The van der Waals surface area contributed by atoms with E-state index in [0.29, 0.717) is 0 Å². The maximum absolute atomic E-state index is 11.4. The zero-order valence-electron chi connectivity index (χ0n) is 10.4. The van der Waals surface area contributed by atoms with Crippen molar-refractivity contribution in [3.05, 3.63) is 29.3 Å². The molecule has 0 aliphatic rings. The van der Waals surface area contributed by atoms with Crippen LogP contribution in [0.5, 0.6) is 5.75 Å². The average molecular weight is 237 g/mol. The van der Waals surface area contributed by atoms with Gasteiger partial charge in [-0.15, -0.1) is 0 Å². The largest absolute Gasteiger partial charge is 0.496 e. The van der Waals surface area contributed by atoms with Crippen LogP contribution < -0.4 is 16.3 Å². The fourth-order valence-electron chi connectivity index (χ4n) is 1.58. The second-order valence-corrected chi connectivity index (χ2v) is 4.04. The van der Waals surface area contributed by atoms with Crippen molar-refractivity contribution in [3.63, 3.8) is 0 Å². The third-order valence-corrected chi connectivity index (χ3v) is 2.63. The fourth-order valence-corrected chi connectivity index (χ4v) is 1.58. The molecule has 17 heavy (non-hydrogen) atoms. The minimum absolute atomic E-state index is 0.189. The number of benzene rings is 1. The van der Waals surface area contributed by atoms with Crippen molar-refractivity contribution in [1.82, 2.24) is 5.01 Å². The van der Waals surface area contributed by atoms with Crippen molar-refractivity contribution in [1.29, 1.82) is 0 Å². The molecule has 0 aliphatic heterocycles. The molecule has 4 N–H and O–H groups in total. The Hall–Kier alpha value is -1.59. The minimum atomic E-state index is -0.349. The third kappa shape index (κ3) is 3.44. The van der Waals surface area contributed by atoms with Crippen LogP contribution >= 0.6 is 0 Å². The molecule has 94 valence electrons. The predicted molar refractivity (Wildman–Crippen MR) is 66.2 cm³/mol. The van der Waals surface area contributed by atoms with Crippen LogP contribution in [0.15, 0.2) is 18.2 Å². The molecule has 0 fully saturated rings. The van der Waals surface area contributed by atoms with E-state index < -0.39 is 0 Å². The highest BCUT2D eigenvalue weighted by Crippen LogP contribution is 2.23. The van der Waals surface area contributed by atoms with E-state index in [-0.39, 0.29) is 18.4 Å². The third-order valence-electron chi connectivity index (χ3n) is 2.63. The van der Waals surface area contributed by atoms with Crippen molar-refractivity contribution in [2.45, 2.75) is 19.4 Å². The van der Waals surface area contributed by atoms with Crippen LogP contribution in [0.2, 0.25) is 0 Å². The monoisotopic (exact) mass is 237 g/mol. The molecule has 1 rings (SSSR count). The molecule has 0 radical (unpaired) electrons. The first-order valence-corrected chi connectivity index (χ1v) is 5.37. The standard InChI is InChI=1S/C12H19N3O2/c1-8-6-9(4-5-11(8)17-3)10(13)7-12(16)15(2)14/h4-6,10H,7,13-14H2,1-3H3. The molecule has 1 aromatic rings. The highest BCUT2D eigenvalue weighted by Gasteiger charge is 2.14. The number of nitrogens with zero attached hydrogens (tertiary/aromatic N) is 1. The summed E-state index contributed by atoms with van der Waals surface area (Å²) in [4.78, 5) is 11.4. The van der Waals surface area contributed by atoms with Gasteiger partial charge in [0.2, 0.25) is 5.91 Å². The van der Waals surface area contributed by atoms with Crippen molar-refractivity contribution in [2.75, 3.05) is 14.2 Å². The van der Waals surface area contributed by atoms with Gasteiger partial charge in [0.1, 0.15) is 5.75 Å². The van der Waals surface area contributed by atoms with E-state index in [4.69, 9.17) is 16.3 Å². The van der Waals surface area contributed by atoms with Gasteiger partial charge in [0.15, 0.2) is 0 Å². The number of carbonyl (C=O) groups is 1. The van der Waals surface area contributed by atoms with Crippen LogP contribution in [-0.4, -0.2) is 25.1 Å². The first kappa shape index (κ1) is 13.5. The summed E-state index contributed by atoms with van der Waals surface area (Å²) in [7, 11) is 3.13. The van der Waals surface area contributed by atoms with E-state index >= 15 is 0 Å². The number of carbonyl (C=O) groups excluding carboxylic acids is 1. The Balaban J connectivity index is 2.79. The highest BCUT2D eigenvalue weighted by atomic mass is 16.5. The molecule has 1 amide bonds. The molecule has 1 unspecified atom stereocenters. The van der Waals surface area contributed by atoms with Crippen molar-refractivity contribution in [2.24, 2.45) is 11.6 Å². The Morgan fingerprint density at radius 2 is 2.18 bits per heavy atom. The molecule has 0 aromatic heterocycles. The lowest BCUT2D eigenvalue weighted by Gasteiger charge is -2.16. The Morgan fingerprint density at radius 3 is 2.65 bits per heavy atom. The van der Waals surface area contributed by atoms with Crippen LogP contribution in [0.25, 0.3) is 0 Å². The van der Waals surface area contributed by atoms with E-state index in [2.05, 4.69) is 0 Å². The molecule has 1 aromatic carbocycles. The van der Waals surface area contributed by atoms with E-state index in [9.17, 15) is 4.79 Å². The summed E-state index contributed by atoms with van der Waals surface area (Å²) < 4.78 is 5.16. The normalized spacial score (nSPS) is 12.1. The van der Waals surface area contributed by atoms with Crippen molar-refractivity contribution < 1.29 is 9.53 Å². The molecule has 0 saturated heterocycles. The van der Waals surface area contributed by atoms with E-state index in [1.54, 1.807) is 7.11 Å². The zero-order valence-corrected chi connectivity index (χ0v) is 10.4. The van der Waals surface area contributed by atoms with Gasteiger partial charge in [0, 0.05) is 19.5 Å². The first-order chi connectivity index (χ1) is 7.95. The first-order valence-electron chi connectivity index (χ1n) is 5.37. The number of methoxy groups -OCH3 is 1. The molecule has 0 spiro atoms. The molecule has 5 nitrogen and oxygen atoms in total. The van der Waals surface area contributed by atoms with E-state index in [0.717, 1.165) is 21.9 Å². The van der Waals surface area contributed by atoms with Crippen LogP contribution in [0, 0.1) is 6.92 Å². The van der Waals surface area contributed by atoms with E-state index in [1.165, 1.54) is 7.05 Å². The van der Waals surface area contributed by atoms with Crippen LogP contribution in [0.1, 0.15) is 23.6 Å². The maximum atomic E-state index is 11.4. The number of rotatable bonds is 4. The number of hydrogen-bond acceptors (Lipinski definition) is 4. The van der Waals surface area contributed by atoms with Crippen LogP contribution in [-0.2, 0) is 4.79 Å². The van der Waals surface area contributed by atoms with Gasteiger partial charge in [0.05, 0.1) is 7.11 Å². The number of ether oxygens (including phenoxy) is 1. The van der Waals surface area contributed by atoms with E-state index in [1.807, 2.05) is 25.1 Å². The fraction of sp³-hybridized carbons (Fsp3) is 0.417. The summed E-state index contributed by atoms with van der Waals surface area (Å²) in [6.07, 6.45) is 0.193. The van der Waals surface area contributed by atoms with Gasteiger partial charge in [-0.05, 0) is 24.1 Å². The Bertz CT molecular complexity index is 405. The molecular weight excluding hydrogens is 218 g/mol. The summed E-state index contributed by atoms with van der Waals surface area (Å²) in [5.74, 6) is 5.97. The average Bonchev–Trinajstić information content (AvgIpc) is 2.28. The van der Waals surface area contributed by atoms with Gasteiger partial charge in [0.25, 0.3) is 0 Å². The molecule has 5 heteroatoms. The van der Waals surface area contributed by atoms with Gasteiger partial charge < -0.3 is 10.5 Å². The van der Waals surface area contributed by atoms with Gasteiger partial charge in [-0.2, -0.15) is 0 Å². The van der Waals surface area contributed by atoms with Gasteiger partial charge >= 0.3 is 0 Å². The number of amides is 1. The van der Waals surface area contributed by atoms with Gasteiger partial charge in [-0.1, -0.05) is 12.1 Å².